The van der Waals surface area contributed by atoms with E-state index in [0.717, 1.165) is 30.0 Å². The number of morpholine rings is 1. The van der Waals surface area contributed by atoms with E-state index in [2.05, 4.69) is 20.4 Å². The average Bonchev–Trinajstić information content (AvgIpc) is 3.04. The second kappa shape index (κ2) is 8.12. The quantitative estimate of drug-likeness (QED) is 0.637. The summed E-state index contributed by atoms with van der Waals surface area (Å²) in [5.74, 6) is -0.768. The lowest BCUT2D eigenvalue weighted by atomic mass is 10.1. The van der Waals surface area contributed by atoms with Gasteiger partial charge in [0.05, 0.1) is 44.1 Å². The fourth-order valence-corrected chi connectivity index (χ4v) is 4.77. The molecular formula is C23H25F2N5O2. The maximum Gasteiger partial charge on any atom is 0.238 e. The summed E-state index contributed by atoms with van der Waals surface area (Å²) >= 11 is 0. The predicted molar refractivity (Wildman–Crippen MR) is 117 cm³/mol. The molecule has 2 bridgehead atoms. The Morgan fingerprint density at radius 3 is 2.66 bits per heavy atom. The van der Waals surface area contributed by atoms with Gasteiger partial charge in [0.2, 0.25) is 5.88 Å². The molecule has 9 heteroatoms. The monoisotopic (exact) mass is 441 g/mol. The normalized spacial score (nSPS) is 21.1. The van der Waals surface area contributed by atoms with Gasteiger partial charge in [-0.05, 0) is 38.8 Å². The van der Waals surface area contributed by atoms with Crippen molar-refractivity contribution in [2.45, 2.75) is 44.8 Å². The third kappa shape index (κ3) is 3.40. The number of aromatic nitrogens is 3. The number of benzene rings is 1. The second-order valence-electron chi connectivity index (χ2n) is 8.39. The lowest BCUT2D eigenvalue weighted by molar-refractivity contribution is 0.0903. The zero-order valence-corrected chi connectivity index (χ0v) is 18.2. The zero-order chi connectivity index (χ0) is 22.4. The second-order valence-corrected chi connectivity index (χ2v) is 8.39. The fraction of sp³-hybridized carbons (Fsp3) is 0.435. The minimum Gasteiger partial charge on any atom is -0.480 e. The van der Waals surface area contributed by atoms with Gasteiger partial charge in [0, 0.05) is 10.9 Å². The highest BCUT2D eigenvalue weighted by Gasteiger charge is 2.39. The van der Waals surface area contributed by atoms with Crippen LogP contribution in [0.2, 0.25) is 0 Å². The molecular weight excluding hydrogens is 416 g/mol. The summed E-state index contributed by atoms with van der Waals surface area (Å²) in [7, 11) is 1.61. The third-order valence-corrected chi connectivity index (χ3v) is 6.38. The summed E-state index contributed by atoms with van der Waals surface area (Å²) in [6.45, 7) is 4.93. The number of hydrogen-bond acceptors (Lipinski definition) is 7. The Kier molecular flexibility index (Phi) is 5.28. The summed E-state index contributed by atoms with van der Waals surface area (Å²) in [4.78, 5) is 7.09. The summed E-state index contributed by atoms with van der Waals surface area (Å²) in [5, 5.41) is 12.5. The van der Waals surface area contributed by atoms with Crippen LogP contribution in [0.3, 0.4) is 0 Å². The molecule has 3 aromatic rings. The molecule has 0 radical (unpaired) electrons. The van der Waals surface area contributed by atoms with Gasteiger partial charge in [0.25, 0.3) is 0 Å². The summed E-state index contributed by atoms with van der Waals surface area (Å²) in [5.41, 5.74) is 2.41. The van der Waals surface area contributed by atoms with Gasteiger partial charge in [-0.2, -0.15) is 5.10 Å². The first-order chi connectivity index (χ1) is 15.5. The molecule has 168 valence electrons. The van der Waals surface area contributed by atoms with Crippen molar-refractivity contribution in [2.24, 2.45) is 0 Å². The van der Waals surface area contributed by atoms with Crippen molar-refractivity contribution in [2.75, 3.05) is 30.5 Å². The lowest BCUT2D eigenvalue weighted by Crippen LogP contribution is -2.46. The van der Waals surface area contributed by atoms with Crippen LogP contribution in [-0.4, -0.2) is 47.6 Å². The molecule has 0 spiro atoms. The number of halogens is 2. The van der Waals surface area contributed by atoms with E-state index in [0.29, 0.717) is 36.1 Å². The number of rotatable bonds is 5. The Hall–Kier alpha value is -3.07. The van der Waals surface area contributed by atoms with Crippen LogP contribution in [0.25, 0.3) is 10.9 Å². The first-order valence-corrected chi connectivity index (χ1v) is 10.8. The SMILES string of the molecule is COc1nc2c(C)nnc(N[C@H](C)c3cccc(F)c3F)c2cc1N1C2CCC1COC2. The van der Waals surface area contributed by atoms with E-state index in [9.17, 15) is 8.78 Å². The minimum absolute atomic E-state index is 0.216. The minimum atomic E-state index is -0.882. The molecule has 5 rings (SSSR count). The van der Waals surface area contributed by atoms with Gasteiger partial charge < -0.3 is 19.7 Å². The van der Waals surface area contributed by atoms with E-state index in [1.165, 1.54) is 6.07 Å². The largest absolute Gasteiger partial charge is 0.480 e. The van der Waals surface area contributed by atoms with Crippen molar-refractivity contribution in [1.82, 2.24) is 15.2 Å². The number of aryl methyl sites for hydroxylation is 1. The number of ether oxygens (including phenoxy) is 2. The molecule has 1 aromatic carbocycles. The summed E-state index contributed by atoms with van der Waals surface area (Å²) in [6, 6.07) is 6.17. The van der Waals surface area contributed by atoms with E-state index in [4.69, 9.17) is 14.5 Å². The van der Waals surface area contributed by atoms with Crippen molar-refractivity contribution in [3.05, 3.63) is 47.2 Å². The molecule has 0 saturated carbocycles. The van der Waals surface area contributed by atoms with Gasteiger partial charge in [-0.3, -0.25) is 0 Å². The number of fused-ring (bicyclic) bond motifs is 3. The van der Waals surface area contributed by atoms with E-state index >= 15 is 0 Å². The van der Waals surface area contributed by atoms with Gasteiger partial charge in [0.15, 0.2) is 17.5 Å². The Labute approximate surface area is 184 Å². The Balaban J connectivity index is 1.59. The molecule has 0 aliphatic carbocycles. The molecule has 3 atom stereocenters. The number of nitrogens with zero attached hydrogens (tertiary/aromatic N) is 4. The lowest BCUT2D eigenvalue weighted by Gasteiger charge is -2.37. The molecule has 2 aliphatic heterocycles. The third-order valence-electron chi connectivity index (χ3n) is 6.38. The van der Waals surface area contributed by atoms with Crippen LogP contribution in [-0.2, 0) is 4.74 Å². The Morgan fingerprint density at radius 1 is 1.19 bits per heavy atom. The summed E-state index contributed by atoms with van der Waals surface area (Å²) in [6.07, 6.45) is 2.11. The van der Waals surface area contributed by atoms with Gasteiger partial charge >= 0.3 is 0 Å². The van der Waals surface area contributed by atoms with E-state index in [1.54, 1.807) is 20.1 Å². The molecule has 2 aliphatic rings. The topological polar surface area (TPSA) is 72.4 Å². The van der Waals surface area contributed by atoms with E-state index in [1.807, 2.05) is 13.0 Å². The van der Waals surface area contributed by atoms with Crippen LogP contribution in [0.15, 0.2) is 24.3 Å². The molecule has 2 aromatic heterocycles. The van der Waals surface area contributed by atoms with Gasteiger partial charge in [0.1, 0.15) is 11.2 Å². The number of anilines is 2. The van der Waals surface area contributed by atoms with Crippen LogP contribution in [0.1, 0.15) is 37.1 Å². The maximum absolute atomic E-state index is 14.3. The molecule has 4 heterocycles. The molecule has 2 unspecified atom stereocenters. The van der Waals surface area contributed by atoms with Crippen LogP contribution in [0.4, 0.5) is 20.3 Å². The molecule has 32 heavy (non-hydrogen) atoms. The molecule has 2 fully saturated rings. The van der Waals surface area contributed by atoms with Gasteiger partial charge in [-0.25, -0.2) is 13.8 Å². The Morgan fingerprint density at radius 2 is 1.94 bits per heavy atom. The van der Waals surface area contributed by atoms with E-state index < -0.39 is 17.7 Å². The highest BCUT2D eigenvalue weighted by atomic mass is 19.2. The number of hydrogen-bond donors (Lipinski definition) is 1. The number of methoxy groups -OCH3 is 1. The molecule has 1 N–H and O–H groups in total. The molecule has 0 amide bonds. The van der Waals surface area contributed by atoms with Crippen molar-refractivity contribution in [1.29, 1.82) is 0 Å². The van der Waals surface area contributed by atoms with Crippen LogP contribution < -0.4 is 15.0 Å². The van der Waals surface area contributed by atoms with Crippen molar-refractivity contribution in [3.63, 3.8) is 0 Å². The van der Waals surface area contributed by atoms with Crippen molar-refractivity contribution < 1.29 is 18.3 Å². The predicted octanol–water partition coefficient (Wildman–Crippen LogP) is 4.16. The summed E-state index contributed by atoms with van der Waals surface area (Å²) < 4.78 is 39.5. The fourth-order valence-electron chi connectivity index (χ4n) is 4.77. The van der Waals surface area contributed by atoms with Gasteiger partial charge in [-0.1, -0.05) is 12.1 Å². The smallest absolute Gasteiger partial charge is 0.238 e. The highest BCUT2D eigenvalue weighted by Crippen LogP contribution is 2.41. The van der Waals surface area contributed by atoms with Crippen LogP contribution >= 0.6 is 0 Å². The molecule has 7 nitrogen and oxygen atoms in total. The highest BCUT2D eigenvalue weighted by molar-refractivity contribution is 5.94. The molecule has 2 saturated heterocycles. The Bertz CT molecular complexity index is 1160. The van der Waals surface area contributed by atoms with E-state index in [-0.39, 0.29) is 17.6 Å². The maximum atomic E-state index is 14.3. The number of nitrogens with one attached hydrogen (secondary N) is 1. The van der Waals surface area contributed by atoms with Crippen molar-refractivity contribution in [3.8, 4) is 5.88 Å². The van der Waals surface area contributed by atoms with Crippen LogP contribution in [0, 0.1) is 18.6 Å². The zero-order valence-electron chi connectivity index (χ0n) is 18.2. The van der Waals surface area contributed by atoms with Gasteiger partial charge in [-0.15, -0.1) is 5.10 Å². The first kappa shape index (κ1) is 20.8. The van der Waals surface area contributed by atoms with Crippen LogP contribution in [0.5, 0.6) is 5.88 Å². The average molecular weight is 441 g/mol. The van der Waals surface area contributed by atoms with Crippen molar-refractivity contribution >= 4 is 22.4 Å². The standard InChI is InChI=1S/C23H25F2N5O2/c1-12(16-5-4-6-18(24)20(16)25)26-22-17-9-19(30-14-7-8-15(30)11-32-10-14)23(31-3)27-21(17)13(2)28-29-22/h4-6,9,12,14-15H,7-8,10-11H2,1-3H3,(H,26,29)/t12-,14?,15?/m1/s1. The first-order valence-electron chi connectivity index (χ1n) is 10.8. The number of pyridine rings is 1.